The first-order valence-electron chi connectivity index (χ1n) is 5.07. The summed E-state index contributed by atoms with van der Waals surface area (Å²) in [4.78, 5) is 0. The van der Waals surface area contributed by atoms with Crippen molar-refractivity contribution in [3.63, 3.8) is 0 Å². The minimum absolute atomic E-state index is 0.232. The highest BCUT2D eigenvalue weighted by Crippen LogP contribution is 2.37. The maximum atomic E-state index is 13.6. The smallest absolute Gasteiger partial charge is 0.233 e. The molecule has 21 heavy (non-hydrogen) atoms. The Kier molecular flexibility index (Phi) is 3.36. The summed E-state index contributed by atoms with van der Waals surface area (Å²) in [6.07, 6.45) is -4.84. The van der Waals surface area contributed by atoms with Crippen LogP contribution in [0, 0.1) is 34.6 Å². The van der Waals surface area contributed by atoms with Gasteiger partial charge in [0.2, 0.25) is 0 Å². The summed E-state index contributed by atoms with van der Waals surface area (Å²) >= 11 is 0. The number of aromatic nitrogens is 2. The Morgan fingerprint density at radius 1 is 1.00 bits per heavy atom. The second kappa shape index (κ2) is 4.76. The van der Waals surface area contributed by atoms with E-state index in [-0.39, 0.29) is 10.4 Å². The van der Waals surface area contributed by atoms with Crippen LogP contribution >= 0.6 is 0 Å². The zero-order chi connectivity index (χ0) is 15.9. The van der Waals surface area contributed by atoms with Gasteiger partial charge in [-0.2, -0.15) is 23.5 Å². The van der Waals surface area contributed by atoms with Gasteiger partial charge in [-0.25, -0.2) is 22.2 Å². The Balaban J connectivity index is 2.79. The average molecular weight is 309 g/mol. The maximum absolute atomic E-state index is 13.6. The fourth-order valence-corrected chi connectivity index (χ4v) is 1.58. The summed E-state index contributed by atoms with van der Waals surface area (Å²) in [5.74, 6) is -9.72. The first-order valence-corrected chi connectivity index (χ1v) is 5.07. The predicted molar refractivity (Wildman–Crippen MR) is 53.1 cm³/mol. The number of nitriles is 1. The number of nitrogens with zero attached hydrogens (tertiary/aromatic N) is 3. The highest BCUT2D eigenvalue weighted by molar-refractivity contribution is 5.41. The Bertz CT molecular complexity index is 725. The van der Waals surface area contributed by atoms with E-state index in [1.807, 2.05) is 0 Å². The zero-order valence-corrected chi connectivity index (χ0v) is 9.64. The molecule has 0 saturated heterocycles. The van der Waals surface area contributed by atoms with Gasteiger partial charge in [0, 0.05) is 6.20 Å². The molecule has 1 aromatic carbocycles. The van der Waals surface area contributed by atoms with Gasteiger partial charge in [0.1, 0.15) is 17.3 Å². The monoisotopic (exact) mass is 309 g/mol. The molecule has 2 aromatic rings. The number of alkyl halides is 3. The van der Waals surface area contributed by atoms with E-state index in [0.717, 1.165) is 12.3 Å². The Hall–Kier alpha value is -2.57. The molecule has 0 radical (unpaired) electrons. The third kappa shape index (κ3) is 2.31. The standard InChI is InChI=1S/C11H2F7N3/c12-6-5(11(16,17)18)7(13)9(15)10(8(6)14)21-2-1-4(3-19)20-21/h1-2H. The molecular formula is C11H2F7N3. The van der Waals surface area contributed by atoms with Crippen molar-refractivity contribution in [3.05, 3.63) is 46.8 Å². The van der Waals surface area contributed by atoms with Crippen LogP contribution in [0.3, 0.4) is 0 Å². The van der Waals surface area contributed by atoms with Gasteiger partial charge in [-0.3, -0.25) is 0 Å². The first kappa shape index (κ1) is 14.8. The number of rotatable bonds is 1. The van der Waals surface area contributed by atoms with Crippen molar-refractivity contribution in [2.24, 2.45) is 0 Å². The number of hydrogen-bond acceptors (Lipinski definition) is 2. The molecule has 0 spiro atoms. The summed E-state index contributed by atoms with van der Waals surface area (Å²) in [5, 5.41) is 11.7. The molecule has 0 aliphatic heterocycles. The van der Waals surface area contributed by atoms with Crippen molar-refractivity contribution in [3.8, 4) is 11.8 Å². The van der Waals surface area contributed by atoms with E-state index >= 15 is 0 Å². The van der Waals surface area contributed by atoms with Gasteiger partial charge in [-0.05, 0) is 6.07 Å². The molecule has 110 valence electrons. The maximum Gasteiger partial charge on any atom is 0.422 e. The highest BCUT2D eigenvalue weighted by Gasteiger charge is 2.42. The van der Waals surface area contributed by atoms with Crippen molar-refractivity contribution in [2.45, 2.75) is 6.18 Å². The second-order valence-corrected chi connectivity index (χ2v) is 3.73. The second-order valence-electron chi connectivity index (χ2n) is 3.73. The van der Waals surface area contributed by atoms with E-state index in [4.69, 9.17) is 5.26 Å². The van der Waals surface area contributed by atoms with Gasteiger partial charge in [0.25, 0.3) is 0 Å². The van der Waals surface area contributed by atoms with Crippen LogP contribution in [0.1, 0.15) is 11.3 Å². The van der Waals surface area contributed by atoms with Crippen LogP contribution in [0.4, 0.5) is 30.7 Å². The van der Waals surface area contributed by atoms with Crippen molar-refractivity contribution < 1.29 is 30.7 Å². The van der Waals surface area contributed by atoms with Crippen LogP contribution in [-0.4, -0.2) is 9.78 Å². The summed E-state index contributed by atoms with van der Waals surface area (Å²) in [5.41, 5.74) is -4.51. The molecule has 1 heterocycles. The van der Waals surface area contributed by atoms with Crippen LogP contribution in [0.2, 0.25) is 0 Å². The van der Waals surface area contributed by atoms with E-state index in [1.54, 1.807) is 0 Å². The van der Waals surface area contributed by atoms with Crippen molar-refractivity contribution in [1.29, 1.82) is 5.26 Å². The highest BCUT2D eigenvalue weighted by atomic mass is 19.4. The summed E-state index contributed by atoms with van der Waals surface area (Å²) in [6, 6.07) is 2.43. The van der Waals surface area contributed by atoms with E-state index in [2.05, 4.69) is 5.10 Å². The molecule has 0 bridgehead atoms. The van der Waals surface area contributed by atoms with Crippen LogP contribution in [0.25, 0.3) is 5.69 Å². The molecule has 0 aliphatic carbocycles. The summed E-state index contributed by atoms with van der Waals surface area (Å²) in [6.45, 7) is 0. The van der Waals surface area contributed by atoms with Gasteiger partial charge < -0.3 is 0 Å². The Morgan fingerprint density at radius 2 is 1.52 bits per heavy atom. The van der Waals surface area contributed by atoms with Crippen LogP contribution in [-0.2, 0) is 6.18 Å². The lowest BCUT2D eigenvalue weighted by Crippen LogP contribution is -2.18. The molecule has 0 aliphatic rings. The van der Waals surface area contributed by atoms with Crippen LogP contribution < -0.4 is 0 Å². The third-order valence-electron chi connectivity index (χ3n) is 2.46. The quantitative estimate of drug-likeness (QED) is 0.599. The molecule has 0 fully saturated rings. The first-order chi connectivity index (χ1) is 9.68. The fourth-order valence-electron chi connectivity index (χ4n) is 1.58. The minimum Gasteiger partial charge on any atom is -0.233 e. The van der Waals surface area contributed by atoms with Gasteiger partial charge in [0.15, 0.2) is 29.0 Å². The van der Waals surface area contributed by atoms with Gasteiger partial charge in [0.05, 0.1) is 0 Å². The minimum atomic E-state index is -5.61. The molecule has 0 saturated carbocycles. The van der Waals surface area contributed by atoms with Gasteiger partial charge in [-0.1, -0.05) is 0 Å². The van der Waals surface area contributed by atoms with Crippen molar-refractivity contribution in [1.82, 2.24) is 9.78 Å². The predicted octanol–water partition coefficient (Wildman–Crippen LogP) is 3.32. The van der Waals surface area contributed by atoms with Crippen LogP contribution in [0.5, 0.6) is 0 Å². The molecule has 1 aromatic heterocycles. The lowest BCUT2D eigenvalue weighted by Gasteiger charge is -2.13. The van der Waals surface area contributed by atoms with Gasteiger partial charge >= 0.3 is 6.18 Å². The van der Waals surface area contributed by atoms with Gasteiger partial charge in [-0.15, -0.1) is 0 Å². The molecule has 2 rings (SSSR count). The van der Waals surface area contributed by atoms with E-state index in [9.17, 15) is 30.7 Å². The van der Waals surface area contributed by atoms with E-state index in [0.29, 0.717) is 0 Å². The number of benzene rings is 1. The SMILES string of the molecule is N#Cc1ccn(-c2c(F)c(F)c(C(F)(F)F)c(F)c2F)n1. The Morgan fingerprint density at radius 3 is 1.90 bits per heavy atom. The zero-order valence-electron chi connectivity index (χ0n) is 9.64. The number of hydrogen-bond donors (Lipinski definition) is 0. The molecule has 0 unspecified atom stereocenters. The molecule has 0 amide bonds. The normalized spacial score (nSPS) is 11.5. The molecule has 0 N–H and O–H groups in total. The third-order valence-corrected chi connectivity index (χ3v) is 2.46. The van der Waals surface area contributed by atoms with E-state index in [1.165, 1.54) is 6.07 Å². The molecule has 3 nitrogen and oxygen atoms in total. The average Bonchev–Trinajstić information content (AvgIpc) is 2.84. The fraction of sp³-hybridized carbons (Fsp3) is 0.0909. The molecular weight excluding hydrogens is 307 g/mol. The van der Waals surface area contributed by atoms with Crippen molar-refractivity contribution in [2.75, 3.05) is 0 Å². The molecule has 0 atom stereocenters. The molecule has 10 heteroatoms. The van der Waals surface area contributed by atoms with E-state index < -0.39 is 40.7 Å². The largest absolute Gasteiger partial charge is 0.422 e. The lowest BCUT2D eigenvalue weighted by molar-refractivity contribution is -0.143. The van der Waals surface area contributed by atoms with Crippen molar-refractivity contribution >= 4 is 0 Å². The topological polar surface area (TPSA) is 41.6 Å². The summed E-state index contributed by atoms with van der Waals surface area (Å²) < 4.78 is 91.3. The number of halogens is 7. The summed E-state index contributed by atoms with van der Waals surface area (Å²) in [7, 11) is 0. The van der Waals surface area contributed by atoms with Crippen LogP contribution in [0.15, 0.2) is 12.3 Å². The lowest BCUT2D eigenvalue weighted by atomic mass is 10.1. The Labute approximate surface area is 111 Å².